The minimum absolute atomic E-state index is 0.0451. The van der Waals surface area contributed by atoms with Gasteiger partial charge in [-0.25, -0.2) is 0 Å². The van der Waals surface area contributed by atoms with Crippen molar-refractivity contribution in [1.29, 1.82) is 0 Å². The maximum absolute atomic E-state index is 12.7. The van der Waals surface area contributed by atoms with E-state index in [1.807, 2.05) is 36.1 Å². The van der Waals surface area contributed by atoms with Gasteiger partial charge in [0.25, 0.3) is 5.91 Å². The van der Waals surface area contributed by atoms with Gasteiger partial charge < -0.3 is 15.5 Å². The number of benzene rings is 2. The molecule has 7 heteroatoms. The third-order valence-electron chi connectivity index (χ3n) is 5.30. The van der Waals surface area contributed by atoms with Gasteiger partial charge >= 0.3 is 0 Å². The molecule has 164 valence electrons. The van der Waals surface area contributed by atoms with Crippen molar-refractivity contribution in [2.75, 3.05) is 38.5 Å². The molecule has 3 amide bonds. The molecule has 2 N–H and O–H groups in total. The molecule has 0 aromatic heterocycles. The van der Waals surface area contributed by atoms with Gasteiger partial charge in [-0.05, 0) is 44.5 Å². The Balaban J connectivity index is 1.53. The van der Waals surface area contributed by atoms with Crippen LogP contribution < -0.4 is 10.6 Å². The van der Waals surface area contributed by atoms with Gasteiger partial charge in [-0.1, -0.05) is 42.0 Å². The van der Waals surface area contributed by atoms with Crippen molar-refractivity contribution in [1.82, 2.24) is 15.1 Å². The Hall–Kier alpha value is -3.19. The maximum Gasteiger partial charge on any atom is 0.253 e. The number of nitrogens with zero attached hydrogens (tertiary/aromatic N) is 2. The lowest BCUT2D eigenvalue weighted by Crippen LogP contribution is -2.40. The summed E-state index contributed by atoms with van der Waals surface area (Å²) in [6.45, 7) is 4.28. The number of amides is 3. The molecule has 1 fully saturated rings. The van der Waals surface area contributed by atoms with E-state index < -0.39 is 0 Å². The second-order valence-corrected chi connectivity index (χ2v) is 8.02. The Morgan fingerprint density at radius 3 is 2.35 bits per heavy atom. The van der Waals surface area contributed by atoms with Gasteiger partial charge in [0.05, 0.1) is 24.3 Å². The number of likely N-dealkylation sites (N-methyl/N-ethyl adjacent to an activating group) is 1. The molecule has 3 rings (SSSR count). The summed E-state index contributed by atoms with van der Waals surface area (Å²) in [5, 5.41) is 5.70. The average molecular weight is 423 g/mol. The number of carbonyl (C=O) groups excluding carboxylic acids is 3. The summed E-state index contributed by atoms with van der Waals surface area (Å²) < 4.78 is 0. The van der Waals surface area contributed by atoms with Gasteiger partial charge in [0.1, 0.15) is 0 Å². The second-order valence-electron chi connectivity index (χ2n) is 8.02. The molecule has 0 bridgehead atoms. The Labute approximate surface area is 183 Å². The highest BCUT2D eigenvalue weighted by molar-refractivity contribution is 6.04. The lowest BCUT2D eigenvalue weighted by molar-refractivity contribution is -0.131. The van der Waals surface area contributed by atoms with E-state index in [-0.39, 0.29) is 30.8 Å². The highest BCUT2D eigenvalue weighted by Gasteiger charge is 2.20. The molecule has 0 atom stereocenters. The zero-order chi connectivity index (χ0) is 22.2. The normalized spacial score (nSPS) is 13.3. The fourth-order valence-electron chi connectivity index (χ4n) is 3.56. The average Bonchev–Trinajstić information content (AvgIpc) is 3.28. The van der Waals surface area contributed by atoms with E-state index in [4.69, 9.17) is 0 Å². The quantitative estimate of drug-likeness (QED) is 0.685. The summed E-state index contributed by atoms with van der Waals surface area (Å²) in [5.74, 6) is -0.478. The molecule has 31 heavy (non-hydrogen) atoms. The summed E-state index contributed by atoms with van der Waals surface area (Å²) in [4.78, 5) is 41.0. The lowest BCUT2D eigenvalue weighted by atomic mass is 10.1. The molecule has 1 saturated heterocycles. The van der Waals surface area contributed by atoms with E-state index in [1.165, 1.54) is 0 Å². The molecule has 2 aromatic rings. The van der Waals surface area contributed by atoms with Crippen LogP contribution in [-0.4, -0.2) is 60.7 Å². The van der Waals surface area contributed by atoms with Gasteiger partial charge in [0.2, 0.25) is 11.8 Å². The highest BCUT2D eigenvalue weighted by atomic mass is 16.2. The van der Waals surface area contributed by atoms with Crippen molar-refractivity contribution < 1.29 is 14.4 Å². The molecule has 0 unspecified atom stereocenters. The van der Waals surface area contributed by atoms with Gasteiger partial charge in [0, 0.05) is 19.6 Å². The first-order valence-corrected chi connectivity index (χ1v) is 10.6. The van der Waals surface area contributed by atoms with Crippen molar-refractivity contribution in [2.24, 2.45) is 0 Å². The predicted octanol–water partition coefficient (Wildman–Crippen LogP) is 2.42. The smallest absolute Gasteiger partial charge is 0.253 e. The molecule has 7 nitrogen and oxygen atoms in total. The van der Waals surface area contributed by atoms with E-state index >= 15 is 0 Å². The number of hydrogen-bond acceptors (Lipinski definition) is 4. The van der Waals surface area contributed by atoms with Crippen LogP contribution in [0.4, 0.5) is 5.69 Å². The Kier molecular flexibility index (Phi) is 7.78. The SMILES string of the molecule is Cc1ccc(CNC(=O)c2ccccc2NC(=O)CN(C)CC(=O)N2CCCC2)cc1. The first kappa shape index (κ1) is 22.5. The van der Waals surface area contributed by atoms with Gasteiger partial charge in [-0.3, -0.25) is 19.3 Å². The summed E-state index contributed by atoms with van der Waals surface area (Å²) in [7, 11) is 1.74. The van der Waals surface area contributed by atoms with Crippen molar-refractivity contribution in [2.45, 2.75) is 26.3 Å². The molecule has 1 heterocycles. The van der Waals surface area contributed by atoms with Crippen LogP contribution in [0.15, 0.2) is 48.5 Å². The number of likely N-dealkylation sites (tertiary alicyclic amines) is 1. The number of hydrogen-bond donors (Lipinski definition) is 2. The van der Waals surface area contributed by atoms with E-state index in [9.17, 15) is 14.4 Å². The number of rotatable bonds is 8. The Bertz CT molecular complexity index is 921. The maximum atomic E-state index is 12.7. The van der Waals surface area contributed by atoms with Crippen molar-refractivity contribution in [3.8, 4) is 0 Å². The topological polar surface area (TPSA) is 81.8 Å². The van der Waals surface area contributed by atoms with E-state index in [1.54, 1.807) is 36.2 Å². The number of para-hydroxylation sites is 1. The minimum atomic E-state index is -0.268. The summed E-state index contributed by atoms with van der Waals surface area (Å²) >= 11 is 0. The first-order valence-electron chi connectivity index (χ1n) is 10.6. The molecule has 0 saturated carbocycles. The highest BCUT2D eigenvalue weighted by Crippen LogP contribution is 2.15. The summed E-state index contributed by atoms with van der Waals surface area (Å²) in [6.07, 6.45) is 2.08. The molecular weight excluding hydrogens is 392 g/mol. The van der Waals surface area contributed by atoms with Crippen LogP contribution in [0.3, 0.4) is 0 Å². The fraction of sp³-hybridized carbons (Fsp3) is 0.375. The molecule has 0 spiro atoms. The number of anilines is 1. The van der Waals surface area contributed by atoms with Crippen molar-refractivity contribution >= 4 is 23.4 Å². The van der Waals surface area contributed by atoms with E-state index in [0.717, 1.165) is 37.1 Å². The second kappa shape index (κ2) is 10.7. The first-order chi connectivity index (χ1) is 14.9. The third kappa shape index (κ3) is 6.65. The standard InChI is InChI=1S/C24H30N4O3/c1-18-9-11-19(12-10-18)15-25-24(31)20-7-3-4-8-21(20)26-22(29)16-27(2)17-23(30)28-13-5-6-14-28/h3-4,7-12H,5-6,13-17H2,1-2H3,(H,25,31)(H,26,29). The van der Waals surface area contributed by atoms with Crippen LogP contribution in [0, 0.1) is 6.92 Å². The van der Waals surface area contributed by atoms with Crippen LogP contribution in [0.1, 0.15) is 34.3 Å². The molecule has 0 radical (unpaired) electrons. The van der Waals surface area contributed by atoms with Gasteiger partial charge in [-0.2, -0.15) is 0 Å². The number of aryl methyl sites for hydroxylation is 1. The molecule has 0 aliphatic carbocycles. The Morgan fingerprint density at radius 1 is 0.968 bits per heavy atom. The minimum Gasteiger partial charge on any atom is -0.348 e. The number of nitrogens with one attached hydrogen (secondary N) is 2. The van der Waals surface area contributed by atoms with E-state index in [2.05, 4.69) is 10.6 Å². The van der Waals surface area contributed by atoms with Crippen molar-refractivity contribution in [3.63, 3.8) is 0 Å². The summed E-state index contributed by atoms with van der Waals surface area (Å²) in [6, 6.07) is 14.9. The van der Waals surface area contributed by atoms with Crippen molar-refractivity contribution in [3.05, 3.63) is 65.2 Å². The summed E-state index contributed by atoms with van der Waals surface area (Å²) in [5.41, 5.74) is 3.02. The largest absolute Gasteiger partial charge is 0.348 e. The zero-order valence-electron chi connectivity index (χ0n) is 18.2. The molecular formula is C24H30N4O3. The van der Waals surface area contributed by atoms with Crippen LogP contribution in [-0.2, 0) is 16.1 Å². The van der Waals surface area contributed by atoms with Gasteiger partial charge in [0.15, 0.2) is 0 Å². The van der Waals surface area contributed by atoms with Crippen LogP contribution >= 0.6 is 0 Å². The predicted molar refractivity (Wildman–Crippen MR) is 121 cm³/mol. The monoisotopic (exact) mass is 422 g/mol. The lowest BCUT2D eigenvalue weighted by Gasteiger charge is -2.21. The molecule has 2 aromatic carbocycles. The third-order valence-corrected chi connectivity index (χ3v) is 5.30. The molecule has 1 aliphatic heterocycles. The van der Waals surface area contributed by atoms with Crippen LogP contribution in [0.2, 0.25) is 0 Å². The molecule has 1 aliphatic rings. The van der Waals surface area contributed by atoms with Gasteiger partial charge in [-0.15, -0.1) is 0 Å². The number of carbonyl (C=O) groups is 3. The van der Waals surface area contributed by atoms with Crippen LogP contribution in [0.5, 0.6) is 0 Å². The fourth-order valence-corrected chi connectivity index (χ4v) is 3.56. The zero-order valence-corrected chi connectivity index (χ0v) is 18.2. The Morgan fingerprint density at radius 2 is 1.65 bits per heavy atom. The van der Waals surface area contributed by atoms with Crippen LogP contribution in [0.25, 0.3) is 0 Å². The van der Waals surface area contributed by atoms with E-state index in [0.29, 0.717) is 17.8 Å².